The molecule has 0 aliphatic heterocycles. The van der Waals surface area contributed by atoms with E-state index in [4.69, 9.17) is 4.74 Å². The van der Waals surface area contributed by atoms with Gasteiger partial charge in [0, 0.05) is 24.7 Å². The number of unbranched alkanes of at least 4 members (excludes halogenated alkanes) is 2. The number of nitrogens with zero attached hydrogens (tertiary/aromatic N) is 2. The fourth-order valence-electron chi connectivity index (χ4n) is 2.96. The van der Waals surface area contributed by atoms with Crippen molar-refractivity contribution < 1.29 is 32.1 Å². The van der Waals surface area contributed by atoms with E-state index in [1.165, 1.54) is 36.7 Å². The molecule has 0 saturated carbocycles. The van der Waals surface area contributed by atoms with E-state index in [2.05, 4.69) is 31.7 Å². The first-order chi connectivity index (χ1) is 17.8. The Kier molecular flexibility index (Phi) is 14.1. The van der Waals surface area contributed by atoms with Gasteiger partial charge in [0.25, 0.3) is 16.0 Å². The van der Waals surface area contributed by atoms with Crippen molar-refractivity contribution in [1.29, 1.82) is 0 Å². The van der Waals surface area contributed by atoms with E-state index in [9.17, 15) is 27.4 Å². The average molecular weight is 573 g/mol. The summed E-state index contributed by atoms with van der Waals surface area (Å²) in [5, 5.41) is 6.69. The summed E-state index contributed by atoms with van der Waals surface area (Å²) < 4.78 is 37.1. The molecule has 0 spiro atoms. The molecule has 0 aliphatic carbocycles. The van der Waals surface area contributed by atoms with Crippen molar-refractivity contribution in [2.45, 2.75) is 57.0 Å². The number of hydrazine groups is 1. The Labute approximate surface area is 249 Å². The van der Waals surface area contributed by atoms with E-state index in [-0.39, 0.29) is 58.3 Å². The van der Waals surface area contributed by atoms with E-state index >= 15 is 0 Å². The van der Waals surface area contributed by atoms with Crippen LogP contribution in [-0.4, -0.2) is 83.8 Å². The second-order valence-electron chi connectivity index (χ2n) is 9.06. The van der Waals surface area contributed by atoms with Crippen LogP contribution in [0.3, 0.4) is 0 Å². The molecule has 0 unspecified atom stereocenters. The summed E-state index contributed by atoms with van der Waals surface area (Å²) in [6.45, 7) is 5.56. The van der Waals surface area contributed by atoms with E-state index in [1.54, 1.807) is 32.9 Å². The standard InChI is InChI=1S/C24H32N6O7S.Na.H/c1-24(2,3)37-23(33)30-29-21(31)11-5-4-8-14-25-22(32)18-12-13-20(26-15-18)28-27-16-17-9-6-7-10-19(17)38(34,35)36;;/h6-7,9-10,12-13,15-16H,4-5,8,11,14H2,1-3H3,(H,25,32)(H,26,28)(H,29,31)(H,30,33)(H,34,35,36);;/b27-16+;;. The zero-order chi connectivity index (χ0) is 28.2. The Bertz CT molecular complexity index is 1250. The molecule has 1 heterocycles. The predicted octanol–water partition coefficient (Wildman–Crippen LogP) is 1.97. The molecule has 0 atom stereocenters. The average Bonchev–Trinajstić information content (AvgIpc) is 2.84. The van der Waals surface area contributed by atoms with Crippen LogP contribution in [0.4, 0.5) is 10.6 Å². The molecule has 3 amide bonds. The molecule has 1 aromatic carbocycles. The summed E-state index contributed by atoms with van der Waals surface area (Å²) in [4.78, 5) is 39.3. The molecule has 208 valence electrons. The van der Waals surface area contributed by atoms with Gasteiger partial charge in [0.15, 0.2) is 0 Å². The quantitative estimate of drug-likeness (QED) is 0.0881. The zero-order valence-electron chi connectivity index (χ0n) is 21.4. The molecule has 39 heavy (non-hydrogen) atoms. The third kappa shape index (κ3) is 13.5. The number of hydrazone groups is 1. The van der Waals surface area contributed by atoms with Crippen LogP contribution in [-0.2, 0) is 19.6 Å². The van der Waals surface area contributed by atoms with Crippen molar-refractivity contribution in [3.8, 4) is 0 Å². The number of anilines is 1. The number of hydrogen-bond acceptors (Lipinski definition) is 9. The Morgan fingerprint density at radius 3 is 2.41 bits per heavy atom. The van der Waals surface area contributed by atoms with Gasteiger partial charge in [-0.25, -0.2) is 15.2 Å². The normalized spacial score (nSPS) is 11.3. The molecule has 2 aromatic rings. The molecule has 0 saturated heterocycles. The van der Waals surface area contributed by atoms with E-state index in [1.807, 2.05) is 0 Å². The number of ether oxygens (including phenoxy) is 1. The fraction of sp³-hybridized carbons (Fsp3) is 0.375. The first-order valence-electron chi connectivity index (χ1n) is 11.7. The van der Waals surface area contributed by atoms with Crippen molar-refractivity contribution in [2.24, 2.45) is 5.10 Å². The van der Waals surface area contributed by atoms with Crippen LogP contribution < -0.4 is 21.6 Å². The Morgan fingerprint density at radius 2 is 1.77 bits per heavy atom. The van der Waals surface area contributed by atoms with Crippen molar-refractivity contribution in [3.63, 3.8) is 0 Å². The molecule has 1 aromatic heterocycles. The number of rotatable bonds is 11. The first kappa shape index (κ1) is 34.0. The van der Waals surface area contributed by atoms with Gasteiger partial charge in [0.05, 0.1) is 11.8 Å². The second-order valence-corrected chi connectivity index (χ2v) is 10.4. The summed E-state index contributed by atoms with van der Waals surface area (Å²) in [5.41, 5.74) is 6.96. The van der Waals surface area contributed by atoms with Crippen molar-refractivity contribution in [2.75, 3.05) is 12.0 Å². The fourth-order valence-corrected chi connectivity index (χ4v) is 3.63. The molecule has 2 rings (SSSR count). The van der Waals surface area contributed by atoms with E-state index in [0.717, 1.165) is 0 Å². The van der Waals surface area contributed by atoms with Crippen molar-refractivity contribution >= 4 is 69.6 Å². The van der Waals surface area contributed by atoms with E-state index in [0.29, 0.717) is 37.2 Å². The number of benzene rings is 1. The van der Waals surface area contributed by atoms with Gasteiger partial charge >= 0.3 is 35.7 Å². The monoisotopic (exact) mass is 572 g/mol. The second kappa shape index (κ2) is 16.2. The number of carbonyl (C=O) groups excluding carboxylic acids is 3. The summed E-state index contributed by atoms with van der Waals surface area (Å²) in [6, 6.07) is 8.90. The predicted molar refractivity (Wildman–Crippen MR) is 147 cm³/mol. The van der Waals surface area contributed by atoms with Crippen molar-refractivity contribution in [1.82, 2.24) is 21.2 Å². The van der Waals surface area contributed by atoms with Crippen LogP contribution in [0.15, 0.2) is 52.6 Å². The van der Waals surface area contributed by atoms with Crippen LogP contribution >= 0.6 is 0 Å². The number of carbonyl (C=O) groups is 3. The van der Waals surface area contributed by atoms with Crippen LogP contribution in [0.5, 0.6) is 0 Å². The molecule has 13 nitrogen and oxygen atoms in total. The van der Waals surface area contributed by atoms with Gasteiger partial charge < -0.3 is 10.1 Å². The summed E-state index contributed by atoms with van der Waals surface area (Å²) in [5.74, 6) is -0.331. The molecule has 0 fully saturated rings. The SMILES string of the molecule is CC(C)(C)OC(=O)NNC(=O)CCCCCNC(=O)c1ccc(N/N=C/c2ccccc2S(=O)(=O)O)nc1.[NaH]. The van der Waals surface area contributed by atoms with Gasteiger partial charge in [-0.15, -0.1) is 0 Å². The van der Waals surface area contributed by atoms with Gasteiger partial charge in [-0.3, -0.25) is 25.0 Å². The van der Waals surface area contributed by atoms with Gasteiger partial charge in [-0.05, 0) is 51.8 Å². The van der Waals surface area contributed by atoms with Gasteiger partial charge in [-0.2, -0.15) is 13.5 Å². The minimum atomic E-state index is -4.39. The maximum absolute atomic E-state index is 12.3. The summed E-state index contributed by atoms with van der Waals surface area (Å²) >= 11 is 0. The van der Waals surface area contributed by atoms with Crippen LogP contribution in [0.1, 0.15) is 62.4 Å². The minimum absolute atomic E-state index is 0. The Morgan fingerprint density at radius 1 is 1.05 bits per heavy atom. The van der Waals surface area contributed by atoms with Crippen LogP contribution in [0.25, 0.3) is 0 Å². The van der Waals surface area contributed by atoms with Gasteiger partial charge in [0.2, 0.25) is 5.91 Å². The third-order valence-corrected chi connectivity index (χ3v) is 5.60. The Hall–Kier alpha value is -3.04. The number of amides is 3. The molecule has 15 heteroatoms. The van der Waals surface area contributed by atoms with Crippen LogP contribution in [0, 0.1) is 0 Å². The third-order valence-electron chi connectivity index (χ3n) is 4.67. The molecule has 0 bridgehead atoms. The zero-order valence-corrected chi connectivity index (χ0v) is 22.2. The molecular formula is C24H33N6NaO7S. The topological polar surface area (TPSA) is 188 Å². The summed E-state index contributed by atoms with van der Waals surface area (Å²) in [7, 11) is -4.39. The first-order valence-corrected chi connectivity index (χ1v) is 13.2. The number of hydrogen-bond donors (Lipinski definition) is 5. The van der Waals surface area contributed by atoms with Gasteiger partial charge in [0.1, 0.15) is 16.3 Å². The maximum atomic E-state index is 12.3. The van der Waals surface area contributed by atoms with E-state index < -0.39 is 21.8 Å². The number of pyridine rings is 1. The van der Waals surface area contributed by atoms with Crippen molar-refractivity contribution in [3.05, 3.63) is 53.7 Å². The molecular weight excluding hydrogens is 539 g/mol. The van der Waals surface area contributed by atoms with Crippen LogP contribution in [0.2, 0.25) is 0 Å². The van der Waals surface area contributed by atoms with Gasteiger partial charge in [-0.1, -0.05) is 24.6 Å². The molecule has 5 N–H and O–H groups in total. The Balaban J connectivity index is 0.00000760. The molecule has 0 aliphatic rings. The number of aromatic nitrogens is 1. The number of nitrogens with one attached hydrogen (secondary N) is 4. The summed E-state index contributed by atoms with van der Waals surface area (Å²) in [6.07, 6.45) is 4.00. The molecule has 0 radical (unpaired) electrons.